The van der Waals surface area contributed by atoms with Crippen LogP contribution in [0, 0.1) is 5.41 Å². The van der Waals surface area contributed by atoms with E-state index >= 15 is 0 Å². The summed E-state index contributed by atoms with van der Waals surface area (Å²) in [5.74, 6) is -0.0507. The highest BCUT2D eigenvalue weighted by molar-refractivity contribution is 5.92. The molecule has 1 aliphatic carbocycles. The molecule has 1 atom stereocenters. The summed E-state index contributed by atoms with van der Waals surface area (Å²) in [4.78, 5) is 12.5. The van der Waals surface area contributed by atoms with Crippen LogP contribution in [0.5, 0.6) is 0 Å². The summed E-state index contributed by atoms with van der Waals surface area (Å²) in [6.07, 6.45) is 10.1. The van der Waals surface area contributed by atoms with Gasteiger partial charge >= 0.3 is 0 Å². The highest BCUT2D eigenvalue weighted by Gasteiger charge is 2.34. The molecule has 1 aliphatic heterocycles. The number of piperidine rings is 1. The minimum absolute atomic E-state index is 0.0507. The largest absolute Gasteiger partial charge is 0.382 e. The molecule has 2 aliphatic rings. The Labute approximate surface area is 150 Å². The van der Waals surface area contributed by atoms with Crippen LogP contribution in [0.1, 0.15) is 68.4 Å². The number of ether oxygens (including phenoxy) is 1. The van der Waals surface area contributed by atoms with Crippen molar-refractivity contribution in [1.82, 2.24) is 20.4 Å². The van der Waals surface area contributed by atoms with Gasteiger partial charge in [0.1, 0.15) is 5.69 Å². The van der Waals surface area contributed by atoms with E-state index in [1.54, 1.807) is 0 Å². The third kappa shape index (κ3) is 4.82. The number of hydrogen-bond donors (Lipinski definition) is 2. The average molecular weight is 348 g/mol. The molecule has 1 aromatic rings. The van der Waals surface area contributed by atoms with Gasteiger partial charge < -0.3 is 15.4 Å². The van der Waals surface area contributed by atoms with E-state index in [9.17, 15) is 4.79 Å². The van der Waals surface area contributed by atoms with Crippen LogP contribution in [0.2, 0.25) is 0 Å². The maximum Gasteiger partial charge on any atom is 0.271 e. The fraction of sp³-hybridized carbons (Fsp3) is 0.789. The first-order valence-corrected chi connectivity index (χ1v) is 9.84. The van der Waals surface area contributed by atoms with Gasteiger partial charge in [-0.05, 0) is 57.1 Å². The van der Waals surface area contributed by atoms with Gasteiger partial charge in [-0.25, -0.2) is 0 Å². The van der Waals surface area contributed by atoms with E-state index in [0.29, 0.717) is 11.7 Å². The van der Waals surface area contributed by atoms with Crippen molar-refractivity contribution < 1.29 is 9.53 Å². The van der Waals surface area contributed by atoms with E-state index in [4.69, 9.17) is 4.74 Å². The summed E-state index contributed by atoms with van der Waals surface area (Å²) < 4.78 is 7.49. The lowest BCUT2D eigenvalue weighted by Gasteiger charge is -2.29. The van der Waals surface area contributed by atoms with Crippen molar-refractivity contribution >= 4 is 5.91 Å². The normalized spacial score (nSPS) is 22.8. The monoisotopic (exact) mass is 348 g/mol. The van der Waals surface area contributed by atoms with E-state index in [0.717, 1.165) is 52.1 Å². The standard InChI is InChI=1S/C19H32N4O2/c1-2-25-13-10-19(8-3-4-9-19)15-21-18(24)17-7-12-23(22-17)16-6-5-11-20-14-16/h7,12,16,20H,2-6,8-11,13-15H2,1H3,(H,21,24). The molecule has 25 heavy (non-hydrogen) atoms. The minimum Gasteiger partial charge on any atom is -0.382 e. The molecule has 1 amide bonds. The zero-order chi connectivity index (χ0) is 17.5. The van der Waals surface area contributed by atoms with Crippen LogP contribution >= 0.6 is 0 Å². The molecule has 0 aromatic carbocycles. The summed E-state index contributed by atoms with van der Waals surface area (Å²) >= 11 is 0. The number of aromatic nitrogens is 2. The fourth-order valence-corrected chi connectivity index (χ4v) is 4.15. The van der Waals surface area contributed by atoms with E-state index < -0.39 is 0 Å². The topological polar surface area (TPSA) is 68.2 Å². The second kappa shape index (κ2) is 8.81. The molecule has 1 saturated heterocycles. The molecule has 0 spiro atoms. The average Bonchev–Trinajstić information content (AvgIpc) is 3.31. The molecule has 1 unspecified atom stereocenters. The summed E-state index contributed by atoms with van der Waals surface area (Å²) in [6.45, 7) is 6.32. The van der Waals surface area contributed by atoms with Crippen LogP contribution in [0.3, 0.4) is 0 Å². The van der Waals surface area contributed by atoms with Crippen LogP contribution in [0.15, 0.2) is 12.3 Å². The quantitative estimate of drug-likeness (QED) is 0.709. The van der Waals surface area contributed by atoms with E-state index in [1.807, 2.05) is 23.9 Å². The van der Waals surface area contributed by atoms with Gasteiger partial charge in [-0.2, -0.15) is 5.10 Å². The maximum absolute atomic E-state index is 12.5. The van der Waals surface area contributed by atoms with Gasteiger partial charge in [-0.15, -0.1) is 0 Å². The molecule has 6 heteroatoms. The van der Waals surface area contributed by atoms with Crippen LogP contribution < -0.4 is 10.6 Å². The van der Waals surface area contributed by atoms with E-state index in [1.165, 1.54) is 25.7 Å². The van der Waals surface area contributed by atoms with Gasteiger partial charge in [0.15, 0.2) is 0 Å². The van der Waals surface area contributed by atoms with Crippen molar-refractivity contribution in [3.63, 3.8) is 0 Å². The predicted octanol–water partition coefficient (Wildman–Crippen LogP) is 2.52. The number of nitrogens with one attached hydrogen (secondary N) is 2. The molecular weight excluding hydrogens is 316 g/mol. The summed E-state index contributed by atoms with van der Waals surface area (Å²) in [5.41, 5.74) is 0.740. The third-order valence-corrected chi connectivity index (χ3v) is 5.75. The van der Waals surface area contributed by atoms with Crippen LogP contribution in [0.4, 0.5) is 0 Å². The predicted molar refractivity (Wildman–Crippen MR) is 97.7 cm³/mol. The van der Waals surface area contributed by atoms with E-state index in [-0.39, 0.29) is 11.3 Å². The molecular formula is C19H32N4O2. The Morgan fingerprint density at radius 1 is 1.44 bits per heavy atom. The van der Waals surface area contributed by atoms with Crippen molar-refractivity contribution in [1.29, 1.82) is 0 Å². The highest BCUT2D eigenvalue weighted by atomic mass is 16.5. The number of carbonyl (C=O) groups is 1. The molecule has 2 heterocycles. The van der Waals surface area contributed by atoms with Crippen LogP contribution in [0.25, 0.3) is 0 Å². The van der Waals surface area contributed by atoms with Gasteiger partial charge in [0.2, 0.25) is 0 Å². The Kier molecular flexibility index (Phi) is 6.48. The number of rotatable bonds is 8. The zero-order valence-electron chi connectivity index (χ0n) is 15.4. The smallest absolute Gasteiger partial charge is 0.271 e. The molecule has 0 radical (unpaired) electrons. The zero-order valence-corrected chi connectivity index (χ0v) is 15.4. The minimum atomic E-state index is -0.0507. The van der Waals surface area contributed by atoms with Gasteiger partial charge in [0.25, 0.3) is 5.91 Å². The lowest BCUT2D eigenvalue weighted by atomic mass is 9.83. The second-order valence-corrected chi connectivity index (χ2v) is 7.52. The van der Waals surface area contributed by atoms with Gasteiger partial charge in [0, 0.05) is 32.5 Å². The summed E-state index contributed by atoms with van der Waals surface area (Å²) in [7, 11) is 0. The highest BCUT2D eigenvalue weighted by Crippen LogP contribution is 2.40. The first kappa shape index (κ1) is 18.4. The number of nitrogens with zero attached hydrogens (tertiary/aromatic N) is 2. The van der Waals surface area contributed by atoms with Crippen molar-refractivity contribution in [3.8, 4) is 0 Å². The van der Waals surface area contributed by atoms with Crippen LogP contribution in [-0.2, 0) is 4.74 Å². The Bertz CT molecular complexity index is 545. The van der Waals surface area contributed by atoms with Crippen LogP contribution in [-0.4, -0.2) is 48.5 Å². The van der Waals surface area contributed by atoms with Crippen molar-refractivity contribution in [2.45, 2.75) is 57.9 Å². The molecule has 140 valence electrons. The molecule has 2 N–H and O–H groups in total. The Hall–Kier alpha value is -1.40. The Balaban J connectivity index is 1.53. The SMILES string of the molecule is CCOCCC1(CNC(=O)c2ccn(C3CCCNC3)n2)CCCC1. The first-order valence-electron chi connectivity index (χ1n) is 9.84. The number of amides is 1. The van der Waals surface area contributed by atoms with Crippen molar-refractivity contribution in [3.05, 3.63) is 18.0 Å². The third-order valence-electron chi connectivity index (χ3n) is 5.75. The number of hydrogen-bond acceptors (Lipinski definition) is 4. The maximum atomic E-state index is 12.5. The van der Waals surface area contributed by atoms with Gasteiger partial charge in [-0.3, -0.25) is 9.48 Å². The summed E-state index contributed by atoms with van der Waals surface area (Å²) in [6, 6.07) is 2.20. The second-order valence-electron chi connectivity index (χ2n) is 7.52. The first-order chi connectivity index (χ1) is 12.2. The van der Waals surface area contributed by atoms with Crippen molar-refractivity contribution in [2.75, 3.05) is 32.8 Å². The van der Waals surface area contributed by atoms with Gasteiger partial charge in [0.05, 0.1) is 6.04 Å². The van der Waals surface area contributed by atoms with Crippen molar-refractivity contribution in [2.24, 2.45) is 5.41 Å². The Morgan fingerprint density at radius 3 is 3.00 bits per heavy atom. The number of carbonyl (C=O) groups excluding carboxylic acids is 1. The molecule has 0 bridgehead atoms. The lowest BCUT2D eigenvalue weighted by molar-refractivity contribution is 0.0858. The van der Waals surface area contributed by atoms with Gasteiger partial charge in [-0.1, -0.05) is 12.8 Å². The molecule has 3 rings (SSSR count). The molecule has 2 fully saturated rings. The van der Waals surface area contributed by atoms with E-state index in [2.05, 4.69) is 15.7 Å². The molecule has 6 nitrogen and oxygen atoms in total. The molecule has 1 saturated carbocycles. The summed E-state index contributed by atoms with van der Waals surface area (Å²) in [5, 5.41) is 11.0. The Morgan fingerprint density at radius 2 is 2.28 bits per heavy atom. The fourth-order valence-electron chi connectivity index (χ4n) is 4.15. The molecule has 1 aromatic heterocycles. The lowest BCUT2D eigenvalue weighted by Crippen LogP contribution is -2.37.